The van der Waals surface area contributed by atoms with Crippen molar-refractivity contribution in [1.29, 1.82) is 0 Å². The van der Waals surface area contributed by atoms with E-state index < -0.39 is 0 Å². The minimum Gasteiger partial charge on any atom is -0.309 e. The smallest absolute Gasteiger partial charge is 0.0438 e. The van der Waals surface area contributed by atoms with Crippen LogP contribution in [0.3, 0.4) is 0 Å². The van der Waals surface area contributed by atoms with Gasteiger partial charge in [-0.3, -0.25) is 0 Å². The molecular weight excluding hydrogens is 202 g/mol. The molecule has 1 heterocycles. The fourth-order valence-electron chi connectivity index (χ4n) is 1.62. The second-order valence-corrected chi connectivity index (χ2v) is 5.03. The highest BCUT2D eigenvalue weighted by atomic mass is 32.1. The van der Waals surface area contributed by atoms with Crippen LogP contribution in [0.2, 0.25) is 0 Å². The van der Waals surface area contributed by atoms with Gasteiger partial charge in [0.1, 0.15) is 0 Å². The Bertz CT molecular complexity index is 275. The van der Waals surface area contributed by atoms with E-state index in [-0.39, 0.29) is 0 Å². The number of hydrogen-bond donors (Lipinski definition) is 1. The molecule has 0 bridgehead atoms. The first kappa shape index (κ1) is 12.5. The van der Waals surface area contributed by atoms with Crippen molar-refractivity contribution in [2.75, 3.05) is 6.54 Å². The summed E-state index contributed by atoms with van der Waals surface area (Å²) in [5.74, 6) is 0.647. The van der Waals surface area contributed by atoms with Crippen molar-refractivity contribution in [1.82, 2.24) is 5.32 Å². The van der Waals surface area contributed by atoms with Crippen molar-refractivity contribution in [3.8, 4) is 0 Å². The molecule has 1 aromatic heterocycles. The average Bonchev–Trinajstić information content (AvgIpc) is 2.70. The largest absolute Gasteiger partial charge is 0.309 e. The molecule has 0 aromatic carbocycles. The normalized spacial score (nSPS) is 13.9. The topological polar surface area (TPSA) is 12.0 Å². The summed E-state index contributed by atoms with van der Waals surface area (Å²) in [5.41, 5.74) is 0. The predicted molar refractivity (Wildman–Crippen MR) is 69.3 cm³/mol. The second-order valence-electron chi connectivity index (χ2n) is 4.05. The number of hydrogen-bond acceptors (Lipinski definition) is 2. The highest BCUT2D eigenvalue weighted by Gasteiger charge is 2.14. The zero-order valence-electron chi connectivity index (χ0n) is 9.86. The molecule has 0 saturated carbocycles. The van der Waals surface area contributed by atoms with Gasteiger partial charge in [0.25, 0.3) is 0 Å². The second kappa shape index (κ2) is 6.81. The summed E-state index contributed by atoms with van der Waals surface area (Å²) in [7, 11) is 0. The molecule has 0 aliphatic heterocycles. The van der Waals surface area contributed by atoms with Gasteiger partial charge in [0, 0.05) is 10.9 Å². The number of rotatable bonds is 6. The maximum Gasteiger partial charge on any atom is 0.0438 e. The van der Waals surface area contributed by atoms with Gasteiger partial charge >= 0.3 is 0 Å². The number of thiophene rings is 1. The Balaban J connectivity index is 2.45. The summed E-state index contributed by atoms with van der Waals surface area (Å²) in [4.78, 5) is 1.45. The van der Waals surface area contributed by atoms with Crippen LogP contribution < -0.4 is 5.32 Å². The van der Waals surface area contributed by atoms with Gasteiger partial charge < -0.3 is 5.32 Å². The molecule has 0 radical (unpaired) electrons. The zero-order chi connectivity index (χ0) is 11.1. The highest BCUT2D eigenvalue weighted by Crippen LogP contribution is 2.25. The van der Waals surface area contributed by atoms with E-state index in [9.17, 15) is 0 Å². The summed E-state index contributed by atoms with van der Waals surface area (Å²) < 4.78 is 0. The Labute approximate surface area is 97.2 Å². The van der Waals surface area contributed by atoms with Crippen LogP contribution in [-0.4, -0.2) is 6.54 Å². The maximum absolute atomic E-state index is 3.62. The van der Waals surface area contributed by atoms with Crippen LogP contribution in [0.1, 0.15) is 38.1 Å². The van der Waals surface area contributed by atoms with Crippen LogP contribution >= 0.6 is 11.3 Å². The van der Waals surface area contributed by atoms with E-state index in [4.69, 9.17) is 0 Å². The van der Waals surface area contributed by atoms with Crippen LogP contribution in [0.15, 0.2) is 29.7 Å². The van der Waals surface area contributed by atoms with E-state index in [0.717, 1.165) is 13.0 Å². The number of allylic oxidation sites excluding steroid dienone is 1. The summed E-state index contributed by atoms with van der Waals surface area (Å²) in [5, 5.41) is 5.77. The zero-order valence-corrected chi connectivity index (χ0v) is 10.7. The standard InChI is InChI=1S/C13H21NS/c1-4-5-6-9-14-13(11(2)3)12-8-7-10-15-12/h4-5,7-8,10-11,13-14H,6,9H2,1-3H3/b5-4+. The summed E-state index contributed by atoms with van der Waals surface area (Å²) in [6.07, 6.45) is 5.43. The highest BCUT2D eigenvalue weighted by molar-refractivity contribution is 7.10. The van der Waals surface area contributed by atoms with E-state index in [2.05, 4.69) is 55.8 Å². The molecule has 0 aliphatic rings. The maximum atomic E-state index is 3.62. The molecule has 84 valence electrons. The molecule has 0 aliphatic carbocycles. The minimum atomic E-state index is 0.509. The molecule has 0 saturated heterocycles. The Morgan fingerprint density at radius 2 is 2.27 bits per heavy atom. The van der Waals surface area contributed by atoms with E-state index in [1.807, 2.05) is 11.3 Å². The predicted octanol–water partition coefficient (Wildman–Crippen LogP) is 4.00. The minimum absolute atomic E-state index is 0.509. The van der Waals surface area contributed by atoms with Gasteiger partial charge in [-0.2, -0.15) is 0 Å². The van der Waals surface area contributed by atoms with E-state index in [1.54, 1.807) is 0 Å². The van der Waals surface area contributed by atoms with E-state index in [1.165, 1.54) is 4.88 Å². The molecule has 15 heavy (non-hydrogen) atoms. The van der Waals surface area contributed by atoms with Gasteiger partial charge in [0.2, 0.25) is 0 Å². The third-order valence-electron chi connectivity index (χ3n) is 2.43. The number of nitrogens with one attached hydrogen (secondary N) is 1. The van der Waals surface area contributed by atoms with E-state index >= 15 is 0 Å². The van der Waals surface area contributed by atoms with Crippen LogP contribution in [0.4, 0.5) is 0 Å². The molecule has 2 heteroatoms. The van der Waals surface area contributed by atoms with Crippen LogP contribution in [0, 0.1) is 5.92 Å². The lowest BCUT2D eigenvalue weighted by Gasteiger charge is -2.20. The van der Waals surface area contributed by atoms with Crippen LogP contribution in [-0.2, 0) is 0 Å². The summed E-state index contributed by atoms with van der Waals surface area (Å²) >= 11 is 1.84. The van der Waals surface area contributed by atoms with Crippen molar-refractivity contribution in [3.63, 3.8) is 0 Å². The van der Waals surface area contributed by atoms with Gasteiger partial charge in [-0.1, -0.05) is 32.1 Å². The van der Waals surface area contributed by atoms with E-state index in [0.29, 0.717) is 12.0 Å². The Hall–Kier alpha value is -0.600. The van der Waals surface area contributed by atoms with Crippen molar-refractivity contribution in [3.05, 3.63) is 34.5 Å². The van der Waals surface area contributed by atoms with Gasteiger partial charge in [-0.25, -0.2) is 0 Å². The first-order valence-electron chi connectivity index (χ1n) is 5.63. The molecular formula is C13H21NS. The SMILES string of the molecule is C/C=C/CCNC(c1cccs1)C(C)C. The Morgan fingerprint density at radius 3 is 2.80 bits per heavy atom. The third-order valence-corrected chi connectivity index (χ3v) is 3.38. The monoisotopic (exact) mass is 223 g/mol. The molecule has 1 N–H and O–H groups in total. The van der Waals surface area contributed by atoms with Crippen LogP contribution in [0.5, 0.6) is 0 Å². The third kappa shape index (κ3) is 4.18. The van der Waals surface area contributed by atoms with Gasteiger partial charge in [-0.05, 0) is 37.3 Å². The first-order chi connectivity index (χ1) is 7.25. The fraction of sp³-hybridized carbons (Fsp3) is 0.538. The van der Waals surface area contributed by atoms with Crippen molar-refractivity contribution in [2.45, 2.75) is 33.2 Å². The molecule has 1 aromatic rings. The van der Waals surface area contributed by atoms with Crippen LogP contribution in [0.25, 0.3) is 0 Å². The summed E-state index contributed by atoms with van der Waals surface area (Å²) in [6, 6.07) is 4.86. The molecule has 1 nitrogen and oxygen atoms in total. The quantitative estimate of drug-likeness (QED) is 0.568. The molecule has 1 rings (SSSR count). The molecule has 0 fully saturated rings. The Morgan fingerprint density at radius 1 is 1.47 bits per heavy atom. The fourth-order valence-corrected chi connectivity index (χ4v) is 2.60. The van der Waals surface area contributed by atoms with Crippen molar-refractivity contribution < 1.29 is 0 Å². The lowest BCUT2D eigenvalue weighted by molar-refractivity contribution is 0.422. The van der Waals surface area contributed by atoms with Gasteiger partial charge in [0.15, 0.2) is 0 Å². The lowest BCUT2D eigenvalue weighted by Crippen LogP contribution is -2.25. The van der Waals surface area contributed by atoms with Crippen molar-refractivity contribution >= 4 is 11.3 Å². The van der Waals surface area contributed by atoms with Crippen molar-refractivity contribution in [2.24, 2.45) is 5.92 Å². The molecule has 0 spiro atoms. The molecule has 0 amide bonds. The Kier molecular flexibility index (Phi) is 5.66. The average molecular weight is 223 g/mol. The van der Waals surface area contributed by atoms with Gasteiger partial charge in [-0.15, -0.1) is 11.3 Å². The lowest BCUT2D eigenvalue weighted by atomic mass is 10.0. The van der Waals surface area contributed by atoms with Gasteiger partial charge in [0.05, 0.1) is 0 Å². The molecule has 1 unspecified atom stereocenters. The first-order valence-corrected chi connectivity index (χ1v) is 6.51. The summed E-state index contributed by atoms with van der Waals surface area (Å²) in [6.45, 7) is 7.67. The molecule has 1 atom stereocenters.